The molecule has 0 aliphatic rings. The van der Waals surface area contributed by atoms with Gasteiger partial charge in [0.1, 0.15) is 17.0 Å². The zero-order valence-corrected chi connectivity index (χ0v) is 18.0. The van der Waals surface area contributed by atoms with Crippen molar-refractivity contribution in [1.82, 2.24) is 29.7 Å². The van der Waals surface area contributed by atoms with Crippen LogP contribution < -0.4 is 5.32 Å². The molecule has 3 aromatic heterocycles. The topological polar surface area (TPSA) is 102 Å². The van der Waals surface area contributed by atoms with Crippen LogP contribution in [-0.4, -0.2) is 34.8 Å². The molecule has 1 atom stereocenters. The van der Waals surface area contributed by atoms with Crippen molar-refractivity contribution in [2.45, 2.75) is 25.6 Å². The second-order valence-corrected chi connectivity index (χ2v) is 8.32. The quantitative estimate of drug-likeness (QED) is 0.462. The molecule has 12 heteroatoms. The van der Waals surface area contributed by atoms with Gasteiger partial charge in [-0.3, -0.25) is 4.68 Å². The second-order valence-electron chi connectivity index (χ2n) is 7.29. The van der Waals surface area contributed by atoms with Gasteiger partial charge in [-0.2, -0.15) is 18.3 Å². The number of alkyl halides is 3. The standard InChI is InChI=1S/C20H18F3N7OS/c1-11-6-12(8-13(7-11)28-18-24-5-4-15(29-18)20(21,22)23)14-9-25-17(32-14)19(2,31)16-26-10-27-30(16)3/h4-10,31H,1-3H3,(H,24,28,29). The van der Waals surface area contributed by atoms with Crippen molar-refractivity contribution in [2.75, 3.05) is 5.32 Å². The molecule has 0 amide bonds. The third kappa shape index (κ3) is 4.32. The van der Waals surface area contributed by atoms with Crippen LogP contribution in [0.5, 0.6) is 0 Å². The highest BCUT2D eigenvalue weighted by Crippen LogP contribution is 2.36. The number of benzene rings is 1. The summed E-state index contributed by atoms with van der Waals surface area (Å²) in [4.78, 5) is 16.6. The molecule has 3 heterocycles. The van der Waals surface area contributed by atoms with E-state index >= 15 is 0 Å². The van der Waals surface area contributed by atoms with Gasteiger partial charge in [-0.05, 0) is 43.2 Å². The Labute approximate surface area is 184 Å². The van der Waals surface area contributed by atoms with Crippen molar-refractivity contribution in [3.8, 4) is 10.4 Å². The summed E-state index contributed by atoms with van der Waals surface area (Å²) < 4.78 is 40.3. The molecule has 0 spiro atoms. The molecule has 0 saturated carbocycles. The van der Waals surface area contributed by atoms with Crippen LogP contribution in [0.3, 0.4) is 0 Å². The van der Waals surface area contributed by atoms with Gasteiger partial charge in [0.15, 0.2) is 11.4 Å². The number of rotatable bonds is 5. The largest absolute Gasteiger partial charge is 0.433 e. The third-order valence-electron chi connectivity index (χ3n) is 4.63. The summed E-state index contributed by atoms with van der Waals surface area (Å²) in [5, 5.41) is 18.2. The minimum atomic E-state index is -4.56. The van der Waals surface area contributed by atoms with Crippen molar-refractivity contribution in [3.63, 3.8) is 0 Å². The second kappa shape index (κ2) is 7.95. The number of hydrogen-bond donors (Lipinski definition) is 2. The van der Waals surface area contributed by atoms with Gasteiger partial charge in [0.2, 0.25) is 5.95 Å². The Kier molecular flexibility index (Phi) is 5.42. The Bertz CT molecular complexity index is 1270. The molecule has 2 N–H and O–H groups in total. The zero-order chi connectivity index (χ0) is 23.1. The fraction of sp³-hybridized carbons (Fsp3) is 0.250. The Balaban J connectivity index is 1.64. The van der Waals surface area contributed by atoms with Gasteiger partial charge in [0, 0.05) is 25.1 Å². The molecular weight excluding hydrogens is 443 g/mol. The van der Waals surface area contributed by atoms with E-state index in [9.17, 15) is 18.3 Å². The summed E-state index contributed by atoms with van der Waals surface area (Å²) in [5.41, 5.74) is -0.301. The molecule has 0 radical (unpaired) electrons. The first-order valence-electron chi connectivity index (χ1n) is 9.36. The molecule has 1 aromatic carbocycles. The van der Waals surface area contributed by atoms with Gasteiger partial charge in [0.25, 0.3) is 0 Å². The summed E-state index contributed by atoms with van der Waals surface area (Å²) in [6.45, 7) is 3.45. The molecule has 1 unspecified atom stereocenters. The molecule has 4 rings (SSSR count). The van der Waals surface area contributed by atoms with Crippen LogP contribution >= 0.6 is 11.3 Å². The van der Waals surface area contributed by atoms with E-state index in [0.29, 0.717) is 16.5 Å². The van der Waals surface area contributed by atoms with E-state index in [1.165, 1.54) is 22.3 Å². The van der Waals surface area contributed by atoms with Crippen molar-refractivity contribution in [1.29, 1.82) is 0 Å². The maximum absolute atomic E-state index is 12.9. The van der Waals surface area contributed by atoms with E-state index in [1.807, 2.05) is 13.0 Å². The SMILES string of the molecule is Cc1cc(Nc2nccc(C(F)(F)F)n2)cc(-c2cnc(C(C)(O)c3ncnn3C)s2)c1. The third-order valence-corrected chi connectivity index (χ3v) is 5.89. The van der Waals surface area contributed by atoms with Gasteiger partial charge in [-0.15, -0.1) is 11.3 Å². The fourth-order valence-corrected chi connectivity index (χ4v) is 4.11. The van der Waals surface area contributed by atoms with Crippen molar-refractivity contribution < 1.29 is 18.3 Å². The zero-order valence-electron chi connectivity index (χ0n) is 17.2. The highest BCUT2D eigenvalue weighted by molar-refractivity contribution is 7.15. The van der Waals surface area contributed by atoms with Crippen LogP contribution in [0.1, 0.15) is 29.0 Å². The summed E-state index contributed by atoms with van der Waals surface area (Å²) in [6.07, 6.45) is -0.522. The first-order valence-corrected chi connectivity index (χ1v) is 10.2. The Morgan fingerprint density at radius 2 is 1.91 bits per heavy atom. The number of nitrogens with zero attached hydrogens (tertiary/aromatic N) is 6. The maximum atomic E-state index is 12.9. The smallest absolute Gasteiger partial charge is 0.375 e. The van der Waals surface area contributed by atoms with Crippen molar-refractivity contribution >= 4 is 23.0 Å². The van der Waals surface area contributed by atoms with Crippen LogP contribution in [0.2, 0.25) is 0 Å². The van der Waals surface area contributed by atoms with Crippen LogP contribution in [0.15, 0.2) is 43.0 Å². The van der Waals surface area contributed by atoms with Gasteiger partial charge >= 0.3 is 6.18 Å². The van der Waals surface area contributed by atoms with E-state index in [-0.39, 0.29) is 5.95 Å². The Morgan fingerprint density at radius 3 is 2.59 bits per heavy atom. The lowest BCUT2D eigenvalue weighted by Gasteiger charge is -2.18. The van der Waals surface area contributed by atoms with Gasteiger partial charge in [-0.1, -0.05) is 6.07 Å². The van der Waals surface area contributed by atoms with Crippen molar-refractivity contribution in [2.24, 2.45) is 7.05 Å². The molecule has 32 heavy (non-hydrogen) atoms. The number of nitrogens with one attached hydrogen (secondary N) is 1. The monoisotopic (exact) mass is 461 g/mol. The lowest BCUT2D eigenvalue weighted by atomic mass is 10.1. The predicted molar refractivity (Wildman–Crippen MR) is 112 cm³/mol. The highest BCUT2D eigenvalue weighted by Gasteiger charge is 2.34. The van der Waals surface area contributed by atoms with E-state index in [1.54, 1.807) is 32.3 Å². The molecule has 8 nitrogen and oxygen atoms in total. The van der Waals surface area contributed by atoms with Crippen LogP contribution in [-0.2, 0) is 18.8 Å². The van der Waals surface area contributed by atoms with Crippen LogP contribution in [0.25, 0.3) is 10.4 Å². The molecular formula is C20H18F3N7OS. The first kappa shape index (κ1) is 21.8. The van der Waals surface area contributed by atoms with E-state index in [2.05, 4.69) is 30.4 Å². The minimum Gasteiger partial charge on any atom is -0.375 e. The summed E-state index contributed by atoms with van der Waals surface area (Å²) in [6, 6.07) is 6.25. The Morgan fingerprint density at radius 1 is 1.12 bits per heavy atom. The van der Waals surface area contributed by atoms with Gasteiger partial charge in [0.05, 0.1) is 4.88 Å². The highest BCUT2D eigenvalue weighted by atomic mass is 32.1. The maximum Gasteiger partial charge on any atom is 0.433 e. The molecule has 0 saturated heterocycles. The average molecular weight is 461 g/mol. The number of thiazole rings is 1. The molecule has 0 aliphatic carbocycles. The number of hydrogen-bond acceptors (Lipinski definition) is 8. The van der Waals surface area contributed by atoms with E-state index < -0.39 is 17.5 Å². The fourth-order valence-electron chi connectivity index (χ4n) is 3.17. The number of anilines is 2. The Hall–Kier alpha value is -3.38. The number of halogens is 3. The average Bonchev–Trinajstić information content (AvgIpc) is 3.37. The van der Waals surface area contributed by atoms with Gasteiger partial charge < -0.3 is 10.4 Å². The van der Waals surface area contributed by atoms with E-state index in [4.69, 9.17) is 0 Å². The van der Waals surface area contributed by atoms with Crippen molar-refractivity contribution in [3.05, 3.63) is 65.1 Å². The summed E-state index contributed by atoms with van der Waals surface area (Å²) in [5.74, 6) is 0.193. The molecule has 0 bridgehead atoms. The summed E-state index contributed by atoms with van der Waals surface area (Å²) >= 11 is 1.28. The predicted octanol–water partition coefficient (Wildman–Crippen LogP) is 4.06. The normalized spacial score (nSPS) is 13.7. The molecule has 4 aromatic rings. The molecule has 0 fully saturated rings. The summed E-state index contributed by atoms with van der Waals surface area (Å²) in [7, 11) is 1.68. The number of aromatic nitrogens is 6. The van der Waals surface area contributed by atoms with Crippen LogP contribution in [0.4, 0.5) is 24.8 Å². The first-order chi connectivity index (χ1) is 15.0. The number of aliphatic hydroxyl groups is 1. The van der Waals surface area contributed by atoms with Crippen LogP contribution in [0, 0.1) is 6.92 Å². The molecule has 166 valence electrons. The molecule has 0 aliphatic heterocycles. The lowest BCUT2D eigenvalue weighted by molar-refractivity contribution is -0.141. The number of aryl methyl sites for hydroxylation is 2. The minimum absolute atomic E-state index is 0.161. The lowest BCUT2D eigenvalue weighted by Crippen LogP contribution is -2.27. The van der Waals surface area contributed by atoms with E-state index in [0.717, 1.165) is 28.3 Å². The van der Waals surface area contributed by atoms with Gasteiger partial charge in [-0.25, -0.2) is 19.9 Å².